The molecule has 1 unspecified atom stereocenters. The minimum atomic E-state index is -3.05. The highest BCUT2D eigenvalue weighted by Crippen LogP contribution is 2.17. The van der Waals surface area contributed by atoms with Crippen molar-refractivity contribution in [2.75, 3.05) is 17.3 Å². The number of hydrogen-bond acceptors (Lipinski definition) is 5. The van der Waals surface area contributed by atoms with Gasteiger partial charge in [0.2, 0.25) is 5.91 Å². The van der Waals surface area contributed by atoms with Crippen molar-refractivity contribution in [3.8, 4) is 0 Å². The lowest BCUT2D eigenvalue weighted by Gasteiger charge is -2.11. The first-order chi connectivity index (χ1) is 10.3. The Hall–Kier alpha value is -1.54. The minimum Gasteiger partial charge on any atom is -0.334 e. The molecule has 1 aliphatic heterocycles. The Morgan fingerprint density at radius 1 is 1.27 bits per heavy atom. The molecule has 22 heavy (non-hydrogen) atoms. The third-order valence-corrected chi connectivity index (χ3v) is 5.99. The normalized spacial score (nSPS) is 19.6. The van der Waals surface area contributed by atoms with E-state index in [1.54, 1.807) is 0 Å². The summed E-state index contributed by atoms with van der Waals surface area (Å²) in [5.41, 5.74) is 1.14. The van der Waals surface area contributed by atoms with Crippen molar-refractivity contribution in [2.24, 2.45) is 0 Å². The van der Waals surface area contributed by atoms with Gasteiger partial charge in [-0.25, -0.2) is 13.2 Å². The largest absolute Gasteiger partial charge is 0.334 e. The van der Waals surface area contributed by atoms with E-state index in [1.165, 1.54) is 11.8 Å². The molecule has 2 N–H and O–H groups in total. The van der Waals surface area contributed by atoms with Gasteiger partial charge in [0.05, 0.1) is 17.3 Å². The zero-order valence-electron chi connectivity index (χ0n) is 12.2. The molecule has 1 saturated heterocycles. The number of hydrogen-bond donors (Lipinski definition) is 2. The standard InChI is InChI=1S/C14H18N2O4S2/c1-10-2-4-12(5-3-10)21-8-13(17)16-14(18)15-11-6-7-22(19,20)9-11/h2-5,11H,6-9H2,1H3,(H2,15,16,17,18). The predicted octanol–water partition coefficient (Wildman–Crippen LogP) is 1.10. The van der Waals surface area contributed by atoms with Crippen LogP contribution >= 0.6 is 11.8 Å². The average Bonchev–Trinajstić information content (AvgIpc) is 2.77. The summed E-state index contributed by atoms with van der Waals surface area (Å²) in [5.74, 6) is -0.273. The van der Waals surface area contributed by atoms with Crippen LogP contribution in [0.5, 0.6) is 0 Å². The molecule has 0 radical (unpaired) electrons. The average molecular weight is 342 g/mol. The quantitative estimate of drug-likeness (QED) is 0.800. The number of rotatable bonds is 4. The zero-order valence-corrected chi connectivity index (χ0v) is 13.8. The molecular weight excluding hydrogens is 324 g/mol. The van der Waals surface area contributed by atoms with Crippen LogP contribution in [0.15, 0.2) is 29.2 Å². The van der Waals surface area contributed by atoms with E-state index in [1.807, 2.05) is 31.2 Å². The lowest BCUT2D eigenvalue weighted by molar-refractivity contribution is -0.117. The summed E-state index contributed by atoms with van der Waals surface area (Å²) in [6, 6.07) is 6.67. The summed E-state index contributed by atoms with van der Waals surface area (Å²) < 4.78 is 22.6. The van der Waals surface area contributed by atoms with E-state index in [2.05, 4.69) is 10.6 Å². The Labute approximate surface area is 134 Å². The van der Waals surface area contributed by atoms with E-state index in [4.69, 9.17) is 0 Å². The highest BCUT2D eigenvalue weighted by atomic mass is 32.2. The highest BCUT2D eigenvalue weighted by Gasteiger charge is 2.29. The lowest BCUT2D eigenvalue weighted by Crippen LogP contribution is -2.45. The maximum absolute atomic E-state index is 11.7. The molecular formula is C14H18N2O4S2. The van der Waals surface area contributed by atoms with E-state index in [0.717, 1.165) is 10.5 Å². The number of carbonyl (C=O) groups excluding carboxylic acids is 2. The second kappa shape index (κ2) is 7.15. The lowest BCUT2D eigenvalue weighted by atomic mass is 10.2. The van der Waals surface area contributed by atoms with Gasteiger partial charge in [0.1, 0.15) is 0 Å². The first-order valence-electron chi connectivity index (χ1n) is 6.84. The zero-order chi connectivity index (χ0) is 16.2. The third kappa shape index (κ3) is 5.34. The fourth-order valence-corrected chi connectivity index (χ4v) is 4.45. The molecule has 8 heteroatoms. The van der Waals surface area contributed by atoms with Crippen molar-refractivity contribution in [1.82, 2.24) is 10.6 Å². The summed E-state index contributed by atoms with van der Waals surface area (Å²) in [5, 5.41) is 4.72. The molecule has 0 spiro atoms. The Morgan fingerprint density at radius 3 is 2.55 bits per heavy atom. The molecule has 1 aliphatic rings. The van der Waals surface area contributed by atoms with Gasteiger partial charge in [-0.1, -0.05) is 17.7 Å². The number of aryl methyl sites for hydroxylation is 1. The molecule has 6 nitrogen and oxygen atoms in total. The SMILES string of the molecule is Cc1ccc(SCC(=O)NC(=O)NC2CCS(=O)(=O)C2)cc1. The van der Waals surface area contributed by atoms with E-state index in [-0.39, 0.29) is 17.3 Å². The Bertz CT molecular complexity index is 656. The minimum absolute atomic E-state index is 0.0628. The molecule has 0 aromatic heterocycles. The molecule has 1 heterocycles. The smallest absolute Gasteiger partial charge is 0.321 e. The van der Waals surface area contributed by atoms with Gasteiger partial charge in [0.15, 0.2) is 9.84 Å². The molecule has 1 aromatic carbocycles. The van der Waals surface area contributed by atoms with Gasteiger partial charge in [0, 0.05) is 10.9 Å². The fourth-order valence-electron chi connectivity index (χ4n) is 2.08. The summed E-state index contributed by atoms with van der Waals surface area (Å²) in [6.45, 7) is 1.98. The van der Waals surface area contributed by atoms with Crippen molar-refractivity contribution in [2.45, 2.75) is 24.3 Å². The van der Waals surface area contributed by atoms with Crippen LogP contribution in [0.2, 0.25) is 0 Å². The van der Waals surface area contributed by atoms with Crippen LogP contribution in [0.25, 0.3) is 0 Å². The first kappa shape index (κ1) is 16.8. The van der Waals surface area contributed by atoms with Gasteiger partial charge in [-0.15, -0.1) is 11.8 Å². The monoisotopic (exact) mass is 342 g/mol. The van der Waals surface area contributed by atoms with Crippen LogP contribution in [-0.4, -0.2) is 43.7 Å². The summed E-state index contributed by atoms with van der Waals surface area (Å²) in [7, 11) is -3.05. The Kier molecular flexibility index (Phi) is 5.47. The number of urea groups is 1. The molecule has 0 aliphatic carbocycles. The van der Waals surface area contributed by atoms with Crippen molar-refractivity contribution in [1.29, 1.82) is 0 Å². The summed E-state index contributed by atoms with van der Waals surface area (Å²) in [6.07, 6.45) is 0.391. The van der Waals surface area contributed by atoms with Crippen molar-refractivity contribution >= 4 is 33.5 Å². The van der Waals surface area contributed by atoms with Crippen molar-refractivity contribution in [3.05, 3.63) is 29.8 Å². The maximum Gasteiger partial charge on any atom is 0.321 e. The maximum atomic E-state index is 11.7. The number of carbonyl (C=O) groups is 2. The summed E-state index contributed by atoms with van der Waals surface area (Å²) in [4.78, 5) is 24.3. The third-order valence-electron chi connectivity index (χ3n) is 3.21. The molecule has 1 aromatic rings. The number of benzene rings is 1. The molecule has 1 atom stereocenters. The number of amides is 3. The highest BCUT2D eigenvalue weighted by molar-refractivity contribution is 8.00. The Morgan fingerprint density at radius 2 is 1.95 bits per heavy atom. The van der Waals surface area contributed by atoms with Gasteiger partial charge >= 0.3 is 6.03 Å². The van der Waals surface area contributed by atoms with Gasteiger partial charge in [0.25, 0.3) is 0 Å². The van der Waals surface area contributed by atoms with Gasteiger partial charge in [-0.3, -0.25) is 10.1 Å². The molecule has 3 amide bonds. The van der Waals surface area contributed by atoms with Crippen LogP contribution < -0.4 is 10.6 Å². The number of sulfone groups is 1. The van der Waals surface area contributed by atoms with Crippen LogP contribution in [0, 0.1) is 6.92 Å². The van der Waals surface area contributed by atoms with Gasteiger partial charge < -0.3 is 5.32 Å². The first-order valence-corrected chi connectivity index (χ1v) is 9.65. The van der Waals surface area contributed by atoms with Crippen molar-refractivity contribution in [3.63, 3.8) is 0 Å². The molecule has 0 saturated carbocycles. The number of thioether (sulfide) groups is 1. The number of imide groups is 1. The molecule has 120 valence electrons. The molecule has 2 rings (SSSR count). The second-order valence-corrected chi connectivity index (χ2v) is 8.50. The van der Waals surface area contributed by atoms with Crippen LogP contribution in [0.4, 0.5) is 4.79 Å². The van der Waals surface area contributed by atoms with Gasteiger partial charge in [-0.2, -0.15) is 0 Å². The van der Waals surface area contributed by atoms with Crippen molar-refractivity contribution < 1.29 is 18.0 Å². The number of nitrogens with one attached hydrogen (secondary N) is 2. The van der Waals surface area contributed by atoms with Crippen LogP contribution in [0.3, 0.4) is 0 Å². The van der Waals surface area contributed by atoms with E-state index in [9.17, 15) is 18.0 Å². The fraction of sp³-hybridized carbons (Fsp3) is 0.429. The van der Waals surface area contributed by atoms with E-state index in [0.29, 0.717) is 6.42 Å². The van der Waals surface area contributed by atoms with Crippen LogP contribution in [0.1, 0.15) is 12.0 Å². The van der Waals surface area contributed by atoms with E-state index < -0.39 is 27.8 Å². The topological polar surface area (TPSA) is 92.3 Å². The predicted molar refractivity (Wildman–Crippen MR) is 85.6 cm³/mol. The summed E-state index contributed by atoms with van der Waals surface area (Å²) >= 11 is 1.33. The molecule has 1 fully saturated rings. The molecule has 0 bridgehead atoms. The van der Waals surface area contributed by atoms with E-state index >= 15 is 0 Å². The van der Waals surface area contributed by atoms with Crippen LogP contribution in [-0.2, 0) is 14.6 Å². The Balaban J connectivity index is 1.72. The second-order valence-electron chi connectivity index (χ2n) is 5.22. The van der Waals surface area contributed by atoms with Gasteiger partial charge in [-0.05, 0) is 25.5 Å².